The molecule has 1 fully saturated rings. The Morgan fingerprint density at radius 2 is 2.14 bits per heavy atom. The molecule has 0 radical (unpaired) electrons. The summed E-state index contributed by atoms with van der Waals surface area (Å²) in [5.41, 5.74) is 10.4. The van der Waals surface area contributed by atoms with Crippen LogP contribution in [0.4, 0.5) is 4.79 Å². The second kappa shape index (κ2) is 6.88. The Morgan fingerprint density at radius 1 is 1.43 bits per heavy atom. The van der Waals surface area contributed by atoms with E-state index in [0.717, 1.165) is 19.4 Å². The molecule has 14 heavy (non-hydrogen) atoms. The Hall–Kier alpha value is -0.500. The van der Waals surface area contributed by atoms with Crippen LogP contribution in [0.1, 0.15) is 12.8 Å². The summed E-state index contributed by atoms with van der Waals surface area (Å²) in [6.07, 6.45) is 1.72. The molecule has 1 heterocycles. The first-order valence-electron chi connectivity index (χ1n) is 3.94. The third-order valence-corrected chi connectivity index (χ3v) is 1.77. The zero-order chi connectivity index (χ0) is 9.68. The van der Waals surface area contributed by atoms with Crippen molar-refractivity contribution in [3.63, 3.8) is 0 Å². The van der Waals surface area contributed by atoms with Crippen LogP contribution in [0.25, 0.3) is 0 Å². The van der Waals surface area contributed by atoms with Crippen LogP contribution in [0.2, 0.25) is 0 Å². The number of carbonyl (C=O) groups is 2. The number of rotatable bonds is 1. The summed E-state index contributed by atoms with van der Waals surface area (Å²) < 4.78 is 0. The van der Waals surface area contributed by atoms with Crippen molar-refractivity contribution in [2.24, 2.45) is 5.11 Å². The van der Waals surface area contributed by atoms with Crippen molar-refractivity contribution in [2.75, 3.05) is 6.54 Å². The monoisotopic (exact) mass is 209 g/mol. The SMILES string of the molecule is N=NC(=O)NNC(=O)[C@@H]1CCCN1.[NaH]. The topological polar surface area (TPSA) is 106 Å². The van der Waals surface area contributed by atoms with E-state index in [2.05, 4.69) is 15.9 Å². The van der Waals surface area contributed by atoms with Gasteiger partial charge in [0.1, 0.15) is 0 Å². The zero-order valence-electron chi connectivity index (χ0n) is 6.96. The fraction of sp³-hybridized carbons (Fsp3) is 0.667. The average Bonchev–Trinajstić information content (AvgIpc) is 2.66. The molecule has 1 aliphatic rings. The zero-order valence-corrected chi connectivity index (χ0v) is 6.96. The second-order valence-corrected chi connectivity index (χ2v) is 2.68. The van der Waals surface area contributed by atoms with Crippen molar-refractivity contribution >= 4 is 41.5 Å². The quantitative estimate of drug-likeness (QED) is 0.249. The molecule has 0 unspecified atom stereocenters. The van der Waals surface area contributed by atoms with Crippen molar-refractivity contribution in [3.8, 4) is 0 Å². The maximum absolute atomic E-state index is 11.2. The number of nitrogens with zero attached hydrogens (tertiary/aromatic N) is 1. The molecule has 0 aromatic heterocycles. The van der Waals surface area contributed by atoms with Crippen LogP contribution in [0.15, 0.2) is 5.11 Å². The van der Waals surface area contributed by atoms with E-state index in [4.69, 9.17) is 5.53 Å². The van der Waals surface area contributed by atoms with Gasteiger partial charge in [-0.15, -0.1) is 0 Å². The van der Waals surface area contributed by atoms with Gasteiger partial charge < -0.3 is 5.32 Å². The van der Waals surface area contributed by atoms with Gasteiger partial charge in [0.15, 0.2) is 0 Å². The Bertz CT molecular complexity index is 228. The van der Waals surface area contributed by atoms with E-state index < -0.39 is 6.03 Å². The molecule has 0 aliphatic carbocycles. The standard InChI is InChI=1S/C6H11N5O2.Na.H/c7-9-6(13)11-10-5(12)4-2-1-3-8-4;;/h4,7-8H,1-3H2,(H,10,12)(H,11,13);;/t4-;;/m0../s1. The predicted molar refractivity (Wildman–Crippen MR) is 50.0 cm³/mol. The van der Waals surface area contributed by atoms with Crippen LogP contribution < -0.4 is 16.2 Å². The van der Waals surface area contributed by atoms with E-state index in [-0.39, 0.29) is 41.5 Å². The first-order valence-corrected chi connectivity index (χ1v) is 3.94. The van der Waals surface area contributed by atoms with Crippen molar-refractivity contribution < 1.29 is 9.59 Å². The molecule has 0 aromatic rings. The van der Waals surface area contributed by atoms with Gasteiger partial charge in [0.05, 0.1) is 6.04 Å². The van der Waals surface area contributed by atoms with Crippen LogP contribution in [0, 0.1) is 5.53 Å². The van der Waals surface area contributed by atoms with Gasteiger partial charge in [-0.25, -0.2) is 10.2 Å². The molecule has 0 spiro atoms. The van der Waals surface area contributed by atoms with E-state index in [1.165, 1.54) is 0 Å². The molecule has 1 aliphatic heterocycles. The van der Waals surface area contributed by atoms with Crippen LogP contribution in [0.5, 0.6) is 0 Å². The fourth-order valence-corrected chi connectivity index (χ4v) is 1.14. The molecule has 7 nitrogen and oxygen atoms in total. The van der Waals surface area contributed by atoms with Crippen molar-refractivity contribution in [3.05, 3.63) is 0 Å². The number of carbonyl (C=O) groups excluding carboxylic acids is 2. The Labute approximate surface area is 103 Å². The summed E-state index contributed by atoms with van der Waals surface area (Å²) >= 11 is 0. The van der Waals surface area contributed by atoms with Crippen LogP contribution in [-0.2, 0) is 4.79 Å². The summed E-state index contributed by atoms with van der Waals surface area (Å²) in [4.78, 5) is 21.6. The number of hydrogen-bond acceptors (Lipinski definition) is 4. The van der Waals surface area contributed by atoms with E-state index in [1.807, 2.05) is 5.43 Å². The van der Waals surface area contributed by atoms with Gasteiger partial charge in [-0.05, 0) is 19.4 Å². The van der Waals surface area contributed by atoms with Crippen LogP contribution in [-0.4, -0.2) is 54.1 Å². The fourth-order valence-electron chi connectivity index (χ4n) is 1.14. The van der Waals surface area contributed by atoms with E-state index in [9.17, 15) is 9.59 Å². The third kappa shape index (κ3) is 4.14. The molecule has 0 aromatic carbocycles. The minimum atomic E-state index is -0.883. The summed E-state index contributed by atoms with van der Waals surface area (Å²) in [6, 6.07) is -1.13. The van der Waals surface area contributed by atoms with Crippen LogP contribution >= 0.6 is 0 Å². The van der Waals surface area contributed by atoms with E-state index in [1.54, 1.807) is 0 Å². The van der Waals surface area contributed by atoms with E-state index in [0.29, 0.717) is 0 Å². The number of urea groups is 1. The molecule has 4 N–H and O–H groups in total. The van der Waals surface area contributed by atoms with E-state index >= 15 is 0 Å². The van der Waals surface area contributed by atoms with Crippen molar-refractivity contribution in [2.45, 2.75) is 18.9 Å². The molecule has 3 amide bonds. The summed E-state index contributed by atoms with van der Waals surface area (Å²) in [5.74, 6) is -0.297. The van der Waals surface area contributed by atoms with Gasteiger partial charge in [-0.2, -0.15) is 5.53 Å². The Kier molecular flexibility index (Phi) is 6.64. The molecule has 1 atom stereocenters. The molecule has 74 valence electrons. The average molecular weight is 209 g/mol. The third-order valence-electron chi connectivity index (χ3n) is 1.77. The van der Waals surface area contributed by atoms with Gasteiger partial charge >= 0.3 is 35.6 Å². The van der Waals surface area contributed by atoms with Gasteiger partial charge in [0, 0.05) is 0 Å². The summed E-state index contributed by atoms with van der Waals surface area (Å²) in [6.45, 7) is 0.814. The molecule has 1 rings (SSSR count). The van der Waals surface area contributed by atoms with Gasteiger partial charge in [0.25, 0.3) is 5.91 Å². The van der Waals surface area contributed by atoms with Gasteiger partial charge in [-0.3, -0.25) is 10.2 Å². The Morgan fingerprint density at radius 3 is 2.64 bits per heavy atom. The molecule has 0 bridgehead atoms. The maximum atomic E-state index is 11.2. The molecular formula is C6H12N5NaO2. The summed E-state index contributed by atoms with van der Waals surface area (Å²) in [7, 11) is 0. The summed E-state index contributed by atoms with van der Waals surface area (Å²) in [5, 5.41) is 5.51. The number of amides is 3. The minimum absolute atomic E-state index is 0. The molecular weight excluding hydrogens is 197 g/mol. The predicted octanol–water partition coefficient (Wildman–Crippen LogP) is -1.14. The van der Waals surface area contributed by atoms with Gasteiger partial charge in [-0.1, -0.05) is 5.11 Å². The first kappa shape index (κ1) is 13.5. The number of nitrogens with one attached hydrogen (secondary N) is 4. The normalized spacial score (nSPS) is 19.3. The molecule has 0 saturated carbocycles. The Balaban J connectivity index is 0.00000169. The second-order valence-electron chi connectivity index (χ2n) is 2.68. The molecule has 8 heteroatoms. The number of hydrogen-bond donors (Lipinski definition) is 4. The van der Waals surface area contributed by atoms with Gasteiger partial charge in [0.2, 0.25) is 0 Å². The number of hydrazine groups is 1. The van der Waals surface area contributed by atoms with Crippen molar-refractivity contribution in [1.82, 2.24) is 16.2 Å². The van der Waals surface area contributed by atoms with Crippen molar-refractivity contribution in [1.29, 1.82) is 5.53 Å². The first-order chi connectivity index (χ1) is 6.24. The van der Waals surface area contributed by atoms with Crippen LogP contribution in [0.3, 0.4) is 0 Å². The molecule has 1 saturated heterocycles.